The molecule has 106 valence electrons. The van der Waals surface area contributed by atoms with Gasteiger partial charge in [0.25, 0.3) is 0 Å². The van der Waals surface area contributed by atoms with Gasteiger partial charge in [0.1, 0.15) is 5.75 Å². The van der Waals surface area contributed by atoms with Crippen molar-refractivity contribution in [3.8, 4) is 5.75 Å². The predicted molar refractivity (Wildman–Crippen MR) is 80.6 cm³/mol. The zero-order valence-corrected chi connectivity index (χ0v) is 12.5. The lowest BCUT2D eigenvalue weighted by molar-refractivity contribution is 0.209. The van der Waals surface area contributed by atoms with Crippen molar-refractivity contribution in [2.45, 2.75) is 58.6 Å². The van der Waals surface area contributed by atoms with Crippen LogP contribution in [0.3, 0.4) is 0 Å². The number of nitrogens with one attached hydrogen (secondary N) is 1. The van der Waals surface area contributed by atoms with Crippen molar-refractivity contribution in [2.75, 3.05) is 6.54 Å². The van der Waals surface area contributed by atoms with Gasteiger partial charge in [-0.1, -0.05) is 26.0 Å². The average Bonchev–Trinajstić information content (AvgIpc) is 2.89. The molecule has 1 N–H and O–H groups in total. The standard InChI is InChI=1S/C17H27NO/c1-13(2)12-18-14(3)15-7-6-10-17(11-15)19-16-8-4-5-9-16/h6-7,10-11,13-14,16,18H,4-5,8-9,12H2,1-3H3/t14-/m0/s1. The van der Waals surface area contributed by atoms with E-state index in [1.807, 2.05) is 0 Å². The van der Waals surface area contributed by atoms with Crippen LogP contribution < -0.4 is 10.1 Å². The monoisotopic (exact) mass is 261 g/mol. The van der Waals surface area contributed by atoms with Gasteiger partial charge in [-0.05, 0) is 62.8 Å². The molecule has 2 nitrogen and oxygen atoms in total. The van der Waals surface area contributed by atoms with Gasteiger partial charge >= 0.3 is 0 Å². The van der Waals surface area contributed by atoms with Crippen molar-refractivity contribution in [3.63, 3.8) is 0 Å². The van der Waals surface area contributed by atoms with E-state index in [-0.39, 0.29) is 0 Å². The lowest BCUT2D eigenvalue weighted by atomic mass is 10.1. The highest BCUT2D eigenvalue weighted by Gasteiger charge is 2.16. The fourth-order valence-corrected chi connectivity index (χ4v) is 2.59. The first-order chi connectivity index (χ1) is 9.15. The second-order valence-electron chi connectivity index (χ2n) is 6.12. The topological polar surface area (TPSA) is 21.3 Å². The molecule has 0 aliphatic heterocycles. The molecule has 1 aliphatic carbocycles. The Bertz CT molecular complexity index is 383. The summed E-state index contributed by atoms with van der Waals surface area (Å²) < 4.78 is 6.06. The van der Waals surface area contributed by atoms with E-state index in [2.05, 4.69) is 50.4 Å². The summed E-state index contributed by atoms with van der Waals surface area (Å²) in [6, 6.07) is 8.94. The molecule has 1 fully saturated rings. The van der Waals surface area contributed by atoms with Crippen molar-refractivity contribution in [2.24, 2.45) is 5.92 Å². The Morgan fingerprint density at radius 3 is 2.63 bits per heavy atom. The number of rotatable bonds is 6. The molecule has 2 heteroatoms. The van der Waals surface area contributed by atoms with E-state index in [0.717, 1.165) is 12.3 Å². The Morgan fingerprint density at radius 2 is 1.95 bits per heavy atom. The van der Waals surface area contributed by atoms with Crippen LogP contribution in [0, 0.1) is 5.92 Å². The highest BCUT2D eigenvalue weighted by Crippen LogP contribution is 2.26. The molecular formula is C17H27NO. The van der Waals surface area contributed by atoms with Gasteiger partial charge in [0.2, 0.25) is 0 Å². The first kappa shape index (κ1) is 14.4. The van der Waals surface area contributed by atoms with Gasteiger partial charge in [-0.15, -0.1) is 0 Å². The lowest BCUT2D eigenvalue weighted by Crippen LogP contribution is -2.23. The van der Waals surface area contributed by atoms with Gasteiger partial charge < -0.3 is 10.1 Å². The van der Waals surface area contributed by atoms with Crippen LogP contribution >= 0.6 is 0 Å². The van der Waals surface area contributed by atoms with Crippen LogP contribution in [0.5, 0.6) is 5.75 Å². The number of ether oxygens (including phenoxy) is 1. The quantitative estimate of drug-likeness (QED) is 0.823. The van der Waals surface area contributed by atoms with Crippen molar-refractivity contribution in [3.05, 3.63) is 29.8 Å². The van der Waals surface area contributed by atoms with E-state index in [1.165, 1.54) is 31.2 Å². The Morgan fingerprint density at radius 1 is 1.21 bits per heavy atom. The molecule has 1 atom stereocenters. The zero-order chi connectivity index (χ0) is 13.7. The molecule has 1 aromatic carbocycles. The van der Waals surface area contributed by atoms with Gasteiger partial charge in [-0.3, -0.25) is 0 Å². The van der Waals surface area contributed by atoms with E-state index < -0.39 is 0 Å². The number of hydrogen-bond donors (Lipinski definition) is 1. The summed E-state index contributed by atoms with van der Waals surface area (Å²) in [5, 5.41) is 3.56. The van der Waals surface area contributed by atoms with Crippen LogP contribution in [0.2, 0.25) is 0 Å². The van der Waals surface area contributed by atoms with Crippen molar-refractivity contribution < 1.29 is 4.74 Å². The van der Waals surface area contributed by atoms with Crippen molar-refractivity contribution >= 4 is 0 Å². The normalized spacial score (nSPS) is 17.9. The van der Waals surface area contributed by atoms with Crippen LogP contribution in [-0.4, -0.2) is 12.6 Å². The summed E-state index contributed by atoms with van der Waals surface area (Å²) in [7, 11) is 0. The van der Waals surface area contributed by atoms with Gasteiger partial charge in [0, 0.05) is 6.04 Å². The summed E-state index contributed by atoms with van der Waals surface area (Å²) in [6.45, 7) is 7.74. The molecule has 1 saturated carbocycles. The molecule has 0 heterocycles. The molecule has 2 rings (SSSR count). The summed E-state index contributed by atoms with van der Waals surface area (Å²) in [6.07, 6.45) is 5.50. The van der Waals surface area contributed by atoms with E-state index in [4.69, 9.17) is 4.74 Å². The predicted octanol–water partition coefficient (Wildman–Crippen LogP) is 4.31. The molecule has 1 aromatic rings. The highest BCUT2D eigenvalue weighted by molar-refractivity contribution is 5.30. The molecule has 19 heavy (non-hydrogen) atoms. The molecule has 0 aromatic heterocycles. The molecule has 0 bridgehead atoms. The van der Waals surface area contributed by atoms with Gasteiger partial charge in [-0.25, -0.2) is 0 Å². The van der Waals surface area contributed by atoms with Gasteiger partial charge in [0.15, 0.2) is 0 Å². The molecule has 0 unspecified atom stereocenters. The van der Waals surface area contributed by atoms with Crippen molar-refractivity contribution in [1.29, 1.82) is 0 Å². The third kappa shape index (κ3) is 4.54. The summed E-state index contributed by atoms with van der Waals surface area (Å²) in [5.74, 6) is 1.71. The first-order valence-corrected chi connectivity index (χ1v) is 7.65. The second kappa shape index (κ2) is 6.95. The Hall–Kier alpha value is -1.02. The van der Waals surface area contributed by atoms with Crippen LogP contribution in [0.15, 0.2) is 24.3 Å². The summed E-state index contributed by atoms with van der Waals surface area (Å²) in [5.41, 5.74) is 1.32. The third-order valence-corrected chi connectivity index (χ3v) is 3.80. The second-order valence-corrected chi connectivity index (χ2v) is 6.12. The maximum atomic E-state index is 6.06. The smallest absolute Gasteiger partial charge is 0.120 e. The van der Waals surface area contributed by atoms with E-state index in [0.29, 0.717) is 18.1 Å². The largest absolute Gasteiger partial charge is 0.490 e. The minimum absolute atomic E-state index is 0.384. The van der Waals surface area contributed by atoms with Gasteiger partial charge in [-0.2, -0.15) is 0 Å². The number of hydrogen-bond acceptors (Lipinski definition) is 2. The SMILES string of the molecule is CC(C)CN[C@@H](C)c1cccc(OC2CCCC2)c1. The fourth-order valence-electron chi connectivity index (χ4n) is 2.59. The van der Waals surface area contributed by atoms with E-state index in [9.17, 15) is 0 Å². The van der Waals surface area contributed by atoms with E-state index in [1.54, 1.807) is 0 Å². The van der Waals surface area contributed by atoms with Gasteiger partial charge in [0.05, 0.1) is 6.10 Å². The molecule has 0 saturated heterocycles. The van der Waals surface area contributed by atoms with E-state index >= 15 is 0 Å². The third-order valence-electron chi connectivity index (χ3n) is 3.80. The molecule has 1 aliphatic rings. The molecule has 0 spiro atoms. The molecule has 0 radical (unpaired) electrons. The summed E-state index contributed by atoms with van der Waals surface area (Å²) in [4.78, 5) is 0. The minimum atomic E-state index is 0.384. The summed E-state index contributed by atoms with van der Waals surface area (Å²) >= 11 is 0. The zero-order valence-electron chi connectivity index (χ0n) is 12.5. The Kier molecular flexibility index (Phi) is 5.26. The van der Waals surface area contributed by atoms with Crippen LogP contribution in [-0.2, 0) is 0 Å². The fraction of sp³-hybridized carbons (Fsp3) is 0.647. The van der Waals surface area contributed by atoms with Crippen molar-refractivity contribution in [1.82, 2.24) is 5.32 Å². The highest BCUT2D eigenvalue weighted by atomic mass is 16.5. The first-order valence-electron chi connectivity index (χ1n) is 7.65. The maximum Gasteiger partial charge on any atom is 0.120 e. The molecule has 0 amide bonds. The molecular weight excluding hydrogens is 234 g/mol. The minimum Gasteiger partial charge on any atom is -0.490 e. The Balaban J connectivity index is 1.93. The van der Waals surface area contributed by atoms with Crippen LogP contribution in [0.25, 0.3) is 0 Å². The number of benzene rings is 1. The maximum absolute atomic E-state index is 6.06. The Labute approximate surface area is 117 Å². The van der Waals surface area contributed by atoms with Crippen LogP contribution in [0.1, 0.15) is 58.1 Å². The van der Waals surface area contributed by atoms with Crippen LogP contribution in [0.4, 0.5) is 0 Å². The average molecular weight is 261 g/mol. The lowest BCUT2D eigenvalue weighted by Gasteiger charge is -2.18.